The summed E-state index contributed by atoms with van der Waals surface area (Å²) in [6, 6.07) is 20.2. The molecule has 0 saturated carbocycles. The Morgan fingerprint density at radius 1 is 1.05 bits per heavy atom. The number of aliphatic hydroxyl groups excluding tert-OH is 2. The maximum absolute atomic E-state index is 10.1. The minimum atomic E-state index is -0.801. The van der Waals surface area contributed by atoms with Gasteiger partial charge in [-0.3, -0.25) is 0 Å². The fourth-order valence-electron chi connectivity index (χ4n) is 4.45. The zero-order chi connectivity index (χ0) is 25.4. The van der Waals surface area contributed by atoms with Crippen molar-refractivity contribution >= 4 is 22.8 Å². The van der Waals surface area contributed by atoms with Crippen LogP contribution < -0.4 is 4.74 Å². The monoisotopic (exact) mass is 517 g/mol. The van der Waals surface area contributed by atoms with Crippen LogP contribution in [0.4, 0.5) is 0 Å². The minimum Gasteiger partial charge on any atom is -0.459 e. The van der Waals surface area contributed by atoms with Crippen LogP contribution in [-0.4, -0.2) is 66.5 Å². The standard InChI is InChI=1S/C27H24ClN5O4/c28-21-13-22-26(32-27(30-22)37-20-12-23(35)24(14-34)36-15-20)31-25(21)18-4-2-16(3-5-18)17-6-8-19(9-7-17)33-11-1-10-29-33/h1-11,13,20,23-24,34-35H,12,14-15H2,(H,30,31,32)/t20-,23+,24-/m1/s1. The lowest BCUT2D eigenvalue weighted by atomic mass is 10.0. The average molecular weight is 518 g/mol. The molecule has 3 N–H and O–H groups in total. The van der Waals surface area contributed by atoms with E-state index in [0.29, 0.717) is 28.3 Å². The highest BCUT2D eigenvalue weighted by Crippen LogP contribution is 2.32. The second kappa shape index (κ2) is 9.95. The third-order valence-corrected chi connectivity index (χ3v) is 6.71. The number of ether oxygens (including phenoxy) is 2. The van der Waals surface area contributed by atoms with Crippen molar-refractivity contribution in [3.8, 4) is 34.1 Å². The molecule has 10 heteroatoms. The van der Waals surface area contributed by atoms with Crippen LogP contribution in [0, 0.1) is 0 Å². The van der Waals surface area contributed by atoms with Gasteiger partial charge in [0.25, 0.3) is 6.01 Å². The summed E-state index contributed by atoms with van der Waals surface area (Å²) < 4.78 is 13.1. The van der Waals surface area contributed by atoms with Gasteiger partial charge in [-0.25, -0.2) is 9.67 Å². The van der Waals surface area contributed by atoms with Gasteiger partial charge in [0.1, 0.15) is 12.2 Å². The Hall–Kier alpha value is -3.76. The number of hydrogen-bond donors (Lipinski definition) is 3. The SMILES string of the molecule is OC[C@H]1OC[C@H](Oc2nc3nc(-c4ccc(-c5ccc(-n6cccn6)cc5)cc4)c(Cl)cc3[nH]2)C[C@@H]1O. The maximum Gasteiger partial charge on any atom is 0.296 e. The van der Waals surface area contributed by atoms with Crippen molar-refractivity contribution in [3.05, 3.63) is 78.1 Å². The molecule has 0 spiro atoms. The molecule has 1 aliphatic heterocycles. The quantitative estimate of drug-likeness (QED) is 0.311. The number of halogens is 1. The second-order valence-corrected chi connectivity index (χ2v) is 9.31. The van der Waals surface area contributed by atoms with E-state index in [1.807, 2.05) is 53.3 Å². The molecule has 0 bridgehead atoms. The predicted molar refractivity (Wildman–Crippen MR) is 139 cm³/mol. The zero-order valence-corrected chi connectivity index (χ0v) is 20.4. The van der Waals surface area contributed by atoms with E-state index in [0.717, 1.165) is 22.4 Å². The number of fused-ring (bicyclic) bond motifs is 1. The first kappa shape index (κ1) is 23.6. The summed E-state index contributed by atoms with van der Waals surface area (Å²) in [7, 11) is 0. The first-order valence-electron chi connectivity index (χ1n) is 11.9. The van der Waals surface area contributed by atoms with Crippen LogP contribution in [-0.2, 0) is 4.74 Å². The van der Waals surface area contributed by atoms with Crippen molar-refractivity contribution in [3.63, 3.8) is 0 Å². The van der Waals surface area contributed by atoms with E-state index in [1.54, 1.807) is 12.3 Å². The first-order chi connectivity index (χ1) is 18.1. The number of benzene rings is 2. The van der Waals surface area contributed by atoms with Gasteiger partial charge in [-0.15, -0.1) is 0 Å². The molecule has 3 atom stereocenters. The minimum absolute atomic E-state index is 0.233. The molecule has 9 nitrogen and oxygen atoms in total. The van der Waals surface area contributed by atoms with Crippen LogP contribution >= 0.6 is 11.6 Å². The lowest BCUT2D eigenvalue weighted by Gasteiger charge is -2.31. The summed E-state index contributed by atoms with van der Waals surface area (Å²) in [6.07, 6.45) is 2.21. The molecule has 188 valence electrons. The summed E-state index contributed by atoms with van der Waals surface area (Å²) in [5, 5.41) is 24.0. The van der Waals surface area contributed by atoms with Gasteiger partial charge >= 0.3 is 0 Å². The molecule has 2 aromatic carbocycles. The van der Waals surface area contributed by atoms with E-state index in [1.165, 1.54) is 0 Å². The molecule has 0 amide bonds. The van der Waals surface area contributed by atoms with Gasteiger partial charge in [0.15, 0.2) is 5.65 Å². The molecule has 37 heavy (non-hydrogen) atoms. The van der Waals surface area contributed by atoms with E-state index < -0.39 is 18.3 Å². The largest absolute Gasteiger partial charge is 0.459 e. The average Bonchev–Trinajstić information content (AvgIpc) is 3.59. The van der Waals surface area contributed by atoms with E-state index in [2.05, 4.69) is 32.2 Å². The number of H-pyrrole nitrogens is 1. The Kier molecular flexibility index (Phi) is 6.35. The number of imidazole rings is 1. The topological polar surface area (TPSA) is 118 Å². The number of nitrogens with one attached hydrogen (secondary N) is 1. The van der Waals surface area contributed by atoms with Crippen LogP contribution in [0.15, 0.2) is 73.1 Å². The smallest absolute Gasteiger partial charge is 0.296 e. The number of hydrogen-bond acceptors (Lipinski definition) is 7. The number of aromatic amines is 1. The molecule has 6 rings (SSSR count). The van der Waals surface area contributed by atoms with Gasteiger partial charge in [0.2, 0.25) is 0 Å². The van der Waals surface area contributed by atoms with Gasteiger partial charge in [-0.2, -0.15) is 10.1 Å². The molecule has 1 fully saturated rings. The number of aromatic nitrogens is 5. The molecule has 1 aliphatic rings. The Labute approximate surface area is 217 Å². The summed E-state index contributed by atoms with van der Waals surface area (Å²) in [4.78, 5) is 12.2. The molecular weight excluding hydrogens is 494 g/mol. The van der Waals surface area contributed by atoms with Crippen LogP contribution in [0.3, 0.4) is 0 Å². The maximum atomic E-state index is 10.1. The molecule has 1 saturated heterocycles. The molecule has 0 unspecified atom stereocenters. The van der Waals surface area contributed by atoms with E-state index >= 15 is 0 Å². The normalized spacial score (nSPS) is 19.8. The zero-order valence-electron chi connectivity index (χ0n) is 19.7. The van der Waals surface area contributed by atoms with Gasteiger partial charge in [-0.05, 0) is 35.4 Å². The molecule has 0 radical (unpaired) electrons. The van der Waals surface area contributed by atoms with Crippen LogP contribution in [0.1, 0.15) is 6.42 Å². The molecule has 4 heterocycles. The van der Waals surface area contributed by atoms with Crippen molar-refractivity contribution in [2.24, 2.45) is 0 Å². The van der Waals surface area contributed by atoms with E-state index in [4.69, 9.17) is 21.1 Å². The highest BCUT2D eigenvalue weighted by molar-refractivity contribution is 6.33. The summed E-state index contributed by atoms with van der Waals surface area (Å²) in [6.45, 7) is 0.0140. The third kappa shape index (κ3) is 4.82. The van der Waals surface area contributed by atoms with Crippen LogP contribution in [0.5, 0.6) is 6.01 Å². The van der Waals surface area contributed by atoms with Crippen LogP contribution in [0.25, 0.3) is 39.2 Å². The van der Waals surface area contributed by atoms with Gasteiger partial charge < -0.3 is 24.7 Å². The fourth-order valence-corrected chi connectivity index (χ4v) is 4.71. The van der Waals surface area contributed by atoms with Crippen molar-refractivity contribution < 1.29 is 19.7 Å². The Bertz CT molecular complexity index is 1500. The van der Waals surface area contributed by atoms with Crippen molar-refractivity contribution in [2.75, 3.05) is 13.2 Å². The summed E-state index contributed by atoms with van der Waals surface area (Å²) in [5.74, 6) is 0. The van der Waals surface area contributed by atoms with Crippen molar-refractivity contribution in [1.82, 2.24) is 24.7 Å². The van der Waals surface area contributed by atoms with Crippen molar-refractivity contribution in [1.29, 1.82) is 0 Å². The van der Waals surface area contributed by atoms with Gasteiger partial charge in [0, 0.05) is 24.4 Å². The number of rotatable bonds is 6. The fraction of sp³-hybridized carbons (Fsp3) is 0.222. The Balaban J connectivity index is 1.20. The number of pyridine rings is 1. The Morgan fingerprint density at radius 3 is 2.46 bits per heavy atom. The lowest BCUT2D eigenvalue weighted by Crippen LogP contribution is -2.45. The molecule has 0 aliphatic carbocycles. The van der Waals surface area contributed by atoms with Crippen LogP contribution in [0.2, 0.25) is 5.02 Å². The molecular formula is C27H24ClN5O4. The van der Waals surface area contributed by atoms with E-state index in [9.17, 15) is 10.2 Å². The van der Waals surface area contributed by atoms with Gasteiger partial charge in [-0.1, -0.05) is 48.0 Å². The molecule has 5 aromatic rings. The Morgan fingerprint density at radius 2 is 1.78 bits per heavy atom. The second-order valence-electron chi connectivity index (χ2n) is 8.90. The van der Waals surface area contributed by atoms with E-state index in [-0.39, 0.29) is 19.2 Å². The first-order valence-corrected chi connectivity index (χ1v) is 12.3. The summed E-state index contributed by atoms with van der Waals surface area (Å²) in [5.41, 5.74) is 5.76. The van der Waals surface area contributed by atoms with Gasteiger partial charge in [0.05, 0.1) is 41.2 Å². The van der Waals surface area contributed by atoms with Crippen molar-refractivity contribution in [2.45, 2.75) is 24.7 Å². The third-order valence-electron chi connectivity index (χ3n) is 6.42. The lowest BCUT2D eigenvalue weighted by molar-refractivity contribution is -0.131. The highest BCUT2D eigenvalue weighted by atomic mass is 35.5. The summed E-state index contributed by atoms with van der Waals surface area (Å²) >= 11 is 6.58. The highest BCUT2D eigenvalue weighted by Gasteiger charge is 2.31. The number of aliphatic hydroxyl groups is 2. The number of nitrogens with zero attached hydrogens (tertiary/aromatic N) is 4. The predicted octanol–water partition coefficient (Wildman–Crippen LogP) is 4.02. The molecule has 3 aromatic heterocycles.